The van der Waals surface area contributed by atoms with Crippen LogP contribution in [-0.2, 0) is 11.3 Å². The molecule has 0 bridgehead atoms. The van der Waals surface area contributed by atoms with E-state index in [0.717, 1.165) is 21.5 Å². The number of rotatable bonds is 4. The van der Waals surface area contributed by atoms with Crippen LogP contribution in [0.25, 0.3) is 0 Å². The molecule has 106 valence electrons. The lowest BCUT2D eigenvalue weighted by Crippen LogP contribution is -2.05. The Morgan fingerprint density at radius 3 is 2.70 bits per heavy atom. The standard InChI is InChI=1S/C14H13Br2NO3/c1-8-3-4-9(14(18)19-2)5-12(8)17-7-10-6-11(15)13(16)20-10/h3-6,17H,7H2,1-2H3. The van der Waals surface area contributed by atoms with Gasteiger partial charge < -0.3 is 14.5 Å². The molecule has 1 N–H and O–H groups in total. The maximum Gasteiger partial charge on any atom is 0.337 e. The molecule has 6 heteroatoms. The third-order valence-corrected chi connectivity index (χ3v) is 4.52. The van der Waals surface area contributed by atoms with Gasteiger partial charge in [-0.25, -0.2) is 4.79 Å². The molecule has 0 aliphatic rings. The molecule has 0 saturated heterocycles. The van der Waals surface area contributed by atoms with E-state index in [1.165, 1.54) is 7.11 Å². The third kappa shape index (κ3) is 3.43. The number of hydrogen-bond acceptors (Lipinski definition) is 4. The van der Waals surface area contributed by atoms with Crippen molar-refractivity contribution in [3.63, 3.8) is 0 Å². The predicted octanol–water partition coefficient (Wildman–Crippen LogP) is 4.51. The number of carbonyl (C=O) groups excluding carboxylic acids is 1. The molecular weight excluding hydrogens is 390 g/mol. The summed E-state index contributed by atoms with van der Waals surface area (Å²) in [5.74, 6) is 0.433. The second-order valence-corrected chi connectivity index (χ2v) is 5.78. The smallest absolute Gasteiger partial charge is 0.337 e. The first-order valence-corrected chi connectivity index (χ1v) is 7.46. The van der Waals surface area contributed by atoms with Crippen molar-refractivity contribution in [2.75, 3.05) is 12.4 Å². The van der Waals surface area contributed by atoms with E-state index < -0.39 is 0 Å². The molecule has 0 aliphatic heterocycles. The van der Waals surface area contributed by atoms with Crippen LogP contribution < -0.4 is 5.32 Å². The number of anilines is 1. The van der Waals surface area contributed by atoms with E-state index in [1.54, 1.807) is 12.1 Å². The lowest BCUT2D eigenvalue weighted by atomic mass is 10.1. The molecule has 0 unspecified atom stereocenters. The summed E-state index contributed by atoms with van der Waals surface area (Å²) in [4.78, 5) is 11.5. The van der Waals surface area contributed by atoms with Gasteiger partial charge in [-0.15, -0.1) is 0 Å². The lowest BCUT2D eigenvalue weighted by Gasteiger charge is -2.09. The van der Waals surface area contributed by atoms with E-state index in [1.807, 2.05) is 19.1 Å². The van der Waals surface area contributed by atoms with Crippen molar-refractivity contribution in [2.24, 2.45) is 0 Å². The molecule has 0 amide bonds. The highest BCUT2D eigenvalue weighted by atomic mass is 79.9. The summed E-state index contributed by atoms with van der Waals surface area (Å²) in [6.45, 7) is 2.49. The zero-order chi connectivity index (χ0) is 14.7. The number of furan rings is 1. The largest absolute Gasteiger partial charge is 0.465 e. The zero-order valence-electron chi connectivity index (χ0n) is 11.0. The van der Waals surface area contributed by atoms with E-state index >= 15 is 0 Å². The second kappa shape index (κ2) is 6.45. The number of aryl methyl sites for hydroxylation is 1. The second-order valence-electron chi connectivity index (χ2n) is 4.21. The fourth-order valence-electron chi connectivity index (χ4n) is 1.72. The third-order valence-electron chi connectivity index (χ3n) is 2.81. The summed E-state index contributed by atoms with van der Waals surface area (Å²) in [5, 5.41) is 3.25. The topological polar surface area (TPSA) is 51.5 Å². The molecule has 1 aromatic heterocycles. The average Bonchev–Trinajstić information content (AvgIpc) is 2.76. The minimum Gasteiger partial charge on any atom is -0.465 e. The summed E-state index contributed by atoms with van der Waals surface area (Å²) in [6.07, 6.45) is 0. The monoisotopic (exact) mass is 401 g/mol. The summed E-state index contributed by atoms with van der Waals surface area (Å²) in [7, 11) is 1.37. The number of hydrogen-bond donors (Lipinski definition) is 1. The van der Waals surface area contributed by atoms with Gasteiger partial charge in [0, 0.05) is 5.69 Å². The maximum absolute atomic E-state index is 11.5. The van der Waals surface area contributed by atoms with Crippen LogP contribution in [0.4, 0.5) is 5.69 Å². The quantitative estimate of drug-likeness (QED) is 0.764. The van der Waals surface area contributed by atoms with Crippen LogP contribution in [0.2, 0.25) is 0 Å². The molecule has 0 atom stereocenters. The summed E-state index contributed by atoms with van der Waals surface area (Å²) in [6, 6.07) is 7.28. The van der Waals surface area contributed by atoms with Gasteiger partial charge in [-0.1, -0.05) is 6.07 Å². The minimum atomic E-state index is -0.350. The molecule has 2 rings (SSSR count). The van der Waals surface area contributed by atoms with Crippen molar-refractivity contribution < 1.29 is 13.9 Å². The molecule has 0 spiro atoms. The average molecular weight is 403 g/mol. The number of methoxy groups -OCH3 is 1. The number of esters is 1. The molecule has 2 aromatic rings. The molecular formula is C14H13Br2NO3. The van der Waals surface area contributed by atoms with E-state index in [4.69, 9.17) is 9.15 Å². The van der Waals surface area contributed by atoms with Crippen LogP contribution in [0.3, 0.4) is 0 Å². The van der Waals surface area contributed by atoms with Crippen molar-refractivity contribution in [3.05, 3.63) is 50.3 Å². The molecule has 4 nitrogen and oxygen atoms in total. The van der Waals surface area contributed by atoms with Crippen LogP contribution in [0.15, 0.2) is 37.8 Å². The Morgan fingerprint density at radius 1 is 1.35 bits per heavy atom. The highest BCUT2D eigenvalue weighted by molar-refractivity contribution is 9.13. The molecule has 0 aliphatic carbocycles. The van der Waals surface area contributed by atoms with Gasteiger partial charge in [0.1, 0.15) is 5.76 Å². The number of carbonyl (C=O) groups is 1. The SMILES string of the molecule is COC(=O)c1ccc(C)c(NCc2cc(Br)c(Br)o2)c1. The molecule has 0 saturated carbocycles. The van der Waals surface area contributed by atoms with Gasteiger partial charge in [0.2, 0.25) is 0 Å². The van der Waals surface area contributed by atoms with E-state index in [2.05, 4.69) is 37.2 Å². The van der Waals surface area contributed by atoms with Crippen molar-refractivity contribution in [1.29, 1.82) is 0 Å². The van der Waals surface area contributed by atoms with E-state index in [-0.39, 0.29) is 5.97 Å². The zero-order valence-corrected chi connectivity index (χ0v) is 14.2. The van der Waals surface area contributed by atoms with Gasteiger partial charge in [0.05, 0.1) is 23.7 Å². The van der Waals surface area contributed by atoms with Crippen LogP contribution in [-0.4, -0.2) is 13.1 Å². The molecule has 1 aromatic carbocycles. The first kappa shape index (κ1) is 15.1. The fourth-order valence-corrected chi connectivity index (χ4v) is 2.38. The van der Waals surface area contributed by atoms with Crippen molar-refractivity contribution >= 4 is 43.5 Å². The van der Waals surface area contributed by atoms with E-state index in [0.29, 0.717) is 16.8 Å². The number of halogens is 2. The summed E-state index contributed by atoms with van der Waals surface area (Å²) < 4.78 is 11.7. The highest BCUT2D eigenvalue weighted by Gasteiger charge is 2.09. The Hall–Kier alpha value is -1.27. The summed E-state index contributed by atoms with van der Waals surface area (Å²) >= 11 is 6.66. The Bertz CT molecular complexity index is 618. The Balaban J connectivity index is 2.14. The molecule has 1 heterocycles. The highest BCUT2D eigenvalue weighted by Crippen LogP contribution is 2.27. The predicted molar refractivity (Wildman–Crippen MR) is 84.0 cm³/mol. The van der Waals surface area contributed by atoms with Gasteiger partial charge in [-0.05, 0) is 62.5 Å². The minimum absolute atomic E-state index is 0.350. The number of ether oxygens (including phenoxy) is 1. The number of nitrogens with one attached hydrogen (secondary N) is 1. The Morgan fingerprint density at radius 2 is 2.10 bits per heavy atom. The van der Waals surface area contributed by atoms with Gasteiger partial charge in [0.25, 0.3) is 0 Å². The fraction of sp³-hybridized carbons (Fsp3) is 0.214. The normalized spacial score (nSPS) is 10.4. The van der Waals surface area contributed by atoms with Crippen molar-refractivity contribution in [1.82, 2.24) is 0 Å². The van der Waals surface area contributed by atoms with Crippen molar-refractivity contribution in [2.45, 2.75) is 13.5 Å². The number of benzene rings is 1. The van der Waals surface area contributed by atoms with Crippen LogP contribution in [0.5, 0.6) is 0 Å². The van der Waals surface area contributed by atoms with Crippen molar-refractivity contribution in [3.8, 4) is 0 Å². The van der Waals surface area contributed by atoms with Gasteiger partial charge in [0.15, 0.2) is 4.67 Å². The first-order valence-electron chi connectivity index (χ1n) is 5.88. The van der Waals surface area contributed by atoms with Gasteiger partial charge in [-0.3, -0.25) is 0 Å². The summed E-state index contributed by atoms with van der Waals surface area (Å²) in [5.41, 5.74) is 2.43. The Kier molecular flexibility index (Phi) is 4.88. The molecule has 0 fully saturated rings. The molecule has 0 radical (unpaired) electrons. The van der Waals surface area contributed by atoms with Crippen LogP contribution >= 0.6 is 31.9 Å². The van der Waals surface area contributed by atoms with Gasteiger partial charge in [-0.2, -0.15) is 0 Å². The Labute approximate surface area is 133 Å². The first-order chi connectivity index (χ1) is 9.51. The van der Waals surface area contributed by atoms with Crippen LogP contribution in [0, 0.1) is 6.92 Å². The van der Waals surface area contributed by atoms with Crippen LogP contribution in [0.1, 0.15) is 21.7 Å². The molecule has 20 heavy (non-hydrogen) atoms. The van der Waals surface area contributed by atoms with E-state index in [9.17, 15) is 4.79 Å². The lowest BCUT2D eigenvalue weighted by molar-refractivity contribution is 0.0601. The van der Waals surface area contributed by atoms with Gasteiger partial charge >= 0.3 is 5.97 Å². The maximum atomic E-state index is 11.5.